The SMILES string of the molecule is CCC(C)CC(C)NC(=O)C1(N)C2CCCOC2C1(C)C. The predicted octanol–water partition coefficient (Wildman–Crippen LogP) is 2.46. The maximum atomic E-state index is 12.8. The van der Waals surface area contributed by atoms with Crippen LogP contribution in [-0.4, -0.2) is 30.2 Å². The summed E-state index contributed by atoms with van der Waals surface area (Å²) in [7, 11) is 0. The van der Waals surface area contributed by atoms with E-state index in [2.05, 4.69) is 39.9 Å². The van der Waals surface area contributed by atoms with Crippen LogP contribution in [0.15, 0.2) is 0 Å². The van der Waals surface area contributed by atoms with E-state index in [0.717, 1.165) is 32.3 Å². The van der Waals surface area contributed by atoms with Gasteiger partial charge in [0, 0.05) is 24.0 Å². The van der Waals surface area contributed by atoms with E-state index in [9.17, 15) is 4.79 Å². The lowest BCUT2D eigenvalue weighted by Crippen LogP contribution is -2.82. The summed E-state index contributed by atoms with van der Waals surface area (Å²) in [5, 5.41) is 3.16. The van der Waals surface area contributed by atoms with Crippen LogP contribution in [0.2, 0.25) is 0 Å². The summed E-state index contributed by atoms with van der Waals surface area (Å²) < 4.78 is 5.86. The first kappa shape index (κ1) is 16.8. The van der Waals surface area contributed by atoms with E-state index in [-0.39, 0.29) is 29.4 Å². The molecule has 3 N–H and O–H groups in total. The van der Waals surface area contributed by atoms with Crippen molar-refractivity contribution in [1.82, 2.24) is 5.32 Å². The van der Waals surface area contributed by atoms with Crippen molar-refractivity contribution < 1.29 is 9.53 Å². The van der Waals surface area contributed by atoms with Crippen molar-refractivity contribution in [2.24, 2.45) is 23.0 Å². The van der Waals surface area contributed by atoms with Gasteiger partial charge >= 0.3 is 0 Å². The van der Waals surface area contributed by atoms with Crippen LogP contribution in [0.3, 0.4) is 0 Å². The van der Waals surface area contributed by atoms with Crippen molar-refractivity contribution in [2.45, 2.75) is 78.0 Å². The molecule has 1 aliphatic heterocycles. The Balaban J connectivity index is 2.03. The van der Waals surface area contributed by atoms with Crippen LogP contribution in [0.5, 0.6) is 0 Å². The molecule has 2 aliphatic rings. The molecule has 0 spiro atoms. The molecule has 0 radical (unpaired) electrons. The normalized spacial score (nSPS) is 37.0. The van der Waals surface area contributed by atoms with Crippen LogP contribution >= 0.6 is 0 Å². The van der Waals surface area contributed by atoms with E-state index in [0.29, 0.717) is 5.92 Å². The Bertz CT molecular complexity index is 396. The number of nitrogens with two attached hydrogens (primary N) is 1. The van der Waals surface area contributed by atoms with Crippen LogP contribution in [0, 0.1) is 17.3 Å². The highest BCUT2D eigenvalue weighted by Crippen LogP contribution is 2.57. The Labute approximate surface area is 129 Å². The van der Waals surface area contributed by atoms with E-state index in [1.54, 1.807) is 0 Å². The molecule has 1 saturated carbocycles. The quantitative estimate of drug-likeness (QED) is 0.819. The Morgan fingerprint density at radius 3 is 2.71 bits per heavy atom. The molecule has 0 aromatic heterocycles. The minimum Gasteiger partial charge on any atom is -0.377 e. The van der Waals surface area contributed by atoms with Crippen LogP contribution < -0.4 is 11.1 Å². The summed E-state index contributed by atoms with van der Waals surface area (Å²) in [5.41, 5.74) is 5.52. The fraction of sp³-hybridized carbons (Fsp3) is 0.941. The number of hydrogen-bond acceptors (Lipinski definition) is 3. The summed E-state index contributed by atoms with van der Waals surface area (Å²) in [5.74, 6) is 0.793. The fourth-order valence-electron chi connectivity index (χ4n) is 4.21. The molecule has 0 aromatic rings. The molecule has 1 heterocycles. The van der Waals surface area contributed by atoms with E-state index in [1.165, 1.54) is 0 Å². The van der Waals surface area contributed by atoms with Gasteiger partial charge in [-0.3, -0.25) is 4.79 Å². The highest BCUT2D eigenvalue weighted by molar-refractivity contribution is 5.89. The lowest BCUT2D eigenvalue weighted by Gasteiger charge is -2.65. The van der Waals surface area contributed by atoms with Crippen molar-refractivity contribution in [3.05, 3.63) is 0 Å². The number of carbonyl (C=O) groups excluding carboxylic acids is 1. The van der Waals surface area contributed by atoms with Gasteiger partial charge in [0.25, 0.3) is 0 Å². The van der Waals surface area contributed by atoms with Gasteiger partial charge < -0.3 is 15.8 Å². The highest BCUT2D eigenvalue weighted by Gasteiger charge is 2.70. The first-order chi connectivity index (χ1) is 9.75. The number of carbonyl (C=O) groups is 1. The van der Waals surface area contributed by atoms with Crippen molar-refractivity contribution in [1.29, 1.82) is 0 Å². The Morgan fingerprint density at radius 2 is 2.10 bits per heavy atom. The molecule has 0 bridgehead atoms. The number of ether oxygens (including phenoxy) is 1. The fourth-order valence-corrected chi connectivity index (χ4v) is 4.21. The zero-order valence-corrected chi connectivity index (χ0v) is 14.2. The standard InChI is InChI=1S/C17H32N2O2/c1-6-11(2)10-12(3)19-15(20)17(18)13-8-7-9-21-14(13)16(17,4)5/h11-14H,6-10,18H2,1-5H3,(H,19,20). The number of amides is 1. The second-order valence-corrected chi connectivity index (χ2v) is 7.75. The zero-order chi connectivity index (χ0) is 15.8. The van der Waals surface area contributed by atoms with Gasteiger partial charge in [0.05, 0.1) is 6.10 Å². The van der Waals surface area contributed by atoms with Crippen LogP contribution in [-0.2, 0) is 9.53 Å². The summed E-state index contributed by atoms with van der Waals surface area (Å²) in [6.07, 6.45) is 4.28. The molecule has 1 amide bonds. The number of rotatable bonds is 5. The predicted molar refractivity (Wildman–Crippen MR) is 84.8 cm³/mol. The van der Waals surface area contributed by atoms with Crippen molar-refractivity contribution in [3.63, 3.8) is 0 Å². The lowest BCUT2D eigenvalue weighted by molar-refractivity contribution is -0.225. The molecule has 5 atom stereocenters. The summed E-state index contributed by atoms with van der Waals surface area (Å²) in [6.45, 7) is 11.4. The minimum absolute atomic E-state index is 0.00931. The van der Waals surface area contributed by atoms with E-state index >= 15 is 0 Å². The van der Waals surface area contributed by atoms with Gasteiger partial charge in [-0.2, -0.15) is 0 Å². The van der Waals surface area contributed by atoms with Crippen molar-refractivity contribution >= 4 is 5.91 Å². The molecule has 5 unspecified atom stereocenters. The van der Waals surface area contributed by atoms with Gasteiger partial charge in [-0.05, 0) is 32.1 Å². The smallest absolute Gasteiger partial charge is 0.241 e. The molecule has 4 heteroatoms. The Kier molecular flexibility index (Phi) is 4.69. The van der Waals surface area contributed by atoms with Gasteiger partial charge in [0.15, 0.2) is 0 Å². The molecular formula is C17H32N2O2. The third-order valence-corrected chi connectivity index (χ3v) is 5.89. The number of fused-ring (bicyclic) bond motifs is 1. The Morgan fingerprint density at radius 1 is 1.43 bits per heavy atom. The largest absolute Gasteiger partial charge is 0.377 e. The lowest BCUT2D eigenvalue weighted by atomic mass is 9.46. The zero-order valence-electron chi connectivity index (χ0n) is 14.2. The molecule has 2 rings (SSSR count). The molecular weight excluding hydrogens is 264 g/mol. The number of hydrogen-bond donors (Lipinski definition) is 2. The second kappa shape index (κ2) is 5.88. The summed E-state index contributed by atoms with van der Waals surface area (Å²) in [4.78, 5) is 12.8. The van der Waals surface area contributed by atoms with Gasteiger partial charge in [-0.25, -0.2) is 0 Å². The molecule has 1 saturated heterocycles. The third-order valence-electron chi connectivity index (χ3n) is 5.89. The first-order valence-corrected chi connectivity index (χ1v) is 8.46. The molecule has 2 fully saturated rings. The van der Waals surface area contributed by atoms with E-state index in [1.807, 2.05) is 0 Å². The summed E-state index contributed by atoms with van der Waals surface area (Å²) >= 11 is 0. The van der Waals surface area contributed by atoms with Gasteiger partial charge in [0.2, 0.25) is 5.91 Å². The van der Waals surface area contributed by atoms with Crippen molar-refractivity contribution in [3.8, 4) is 0 Å². The Hall–Kier alpha value is -0.610. The van der Waals surface area contributed by atoms with Gasteiger partial charge in [0.1, 0.15) is 5.54 Å². The average Bonchev–Trinajstić information content (AvgIpc) is 2.45. The van der Waals surface area contributed by atoms with E-state index in [4.69, 9.17) is 10.5 Å². The topological polar surface area (TPSA) is 64.4 Å². The van der Waals surface area contributed by atoms with Gasteiger partial charge in [-0.1, -0.05) is 34.1 Å². The maximum Gasteiger partial charge on any atom is 0.241 e. The van der Waals surface area contributed by atoms with E-state index < -0.39 is 5.54 Å². The second-order valence-electron chi connectivity index (χ2n) is 7.75. The monoisotopic (exact) mass is 296 g/mol. The van der Waals surface area contributed by atoms with Crippen LogP contribution in [0.25, 0.3) is 0 Å². The third kappa shape index (κ3) is 2.61. The van der Waals surface area contributed by atoms with Crippen LogP contribution in [0.1, 0.15) is 60.3 Å². The minimum atomic E-state index is -0.790. The first-order valence-electron chi connectivity index (χ1n) is 8.46. The molecule has 1 aliphatic carbocycles. The molecule has 4 nitrogen and oxygen atoms in total. The molecule has 21 heavy (non-hydrogen) atoms. The highest BCUT2D eigenvalue weighted by atomic mass is 16.5. The molecule has 122 valence electrons. The molecule has 0 aromatic carbocycles. The van der Waals surface area contributed by atoms with Gasteiger partial charge in [-0.15, -0.1) is 0 Å². The number of nitrogens with one attached hydrogen (secondary N) is 1. The maximum absolute atomic E-state index is 12.8. The average molecular weight is 296 g/mol. The summed E-state index contributed by atoms with van der Waals surface area (Å²) in [6, 6.07) is 0.173. The van der Waals surface area contributed by atoms with Crippen LogP contribution in [0.4, 0.5) is 0 Å². The van der Waals surface area contributed by atoms with Crippen molar-refractivity contribution in [2.75, 3.05) is 6.61 Å².